The fourth-order valence-corrected chi connectivity index (χ4v) is 12.3. The summed E-state index contributed by atoms with van der Waals surface area (Å²) in [7, 11) is -7.41. The zero-order valence-electron chi connectivity index (χ0n) is 32.5. The largest absolute Gasteiger partial charge is 0.345 e. The van der Waals surface area contributed by atoms with Crippen LogP contribution in [0.15, 0.2) is 105 Å². The molecule has 2 aliphatic heterocycles. The Balaban J connectivity index is 0.000000181. The van der Waals surface area contributed by atoms with Crippen molar-refractivity contribution in [3.8, 4) is 34.7 Å². The fourth-order valence-electron chi connectivity index (χ4n) is 6.86. The van der Waals surface area contributed by atoms with Crippen LogP contribution in [0.5, 0.6) is 0 Å². The van der Waals surface area contributed by atoms with Crippen molar-refractivity contribution in [2.45, 2.75) is 23.6 Å². The number of hydrogen-bond acceptors (Lipinski definition) is 12. The maximum absolute atomic E-state index is 13.0. The highest BCUT2D eigenvalue weighted by molar-refractivity contribution is 7.89. The van der Waals surface area contributed by atoms with Gasteiger partial charge in [0.2, 0.25) is 20.0 Å². The Kier molecular flexibility index (Phi) is 13.2. The van der Waals surface area contributed by atoms with E-state index in [9.17, 15) is 27.4 Å². The van der Waals surface area contributed by atoms with Crippen LogP contribution in [-0.4, -0.2) is 87.8 Å². The molecule has 12 nitrogen and oxygen atoms in total. The number of sulfonamides is 2. The third-order valence-corrected chi connectivity index (χ3v) is 16.4. The first-order chi connectivity index (χ1) is 28.8. The monoisotopic (exact) mass is 916 g/mol. The van der Waals surface area contributed by atoms with Crippen molar-refractivity contribution in [2.24, 2.45) is 0 Å². The van der Waals surface area contributed by atoms with E-state index in [-0.39, 0.29) is 20.9 Å². The summed E-state index contributed by atoms with van der Waals surface area (Å²) in [4.78, 5) is 13.8. The van der Waals surface area contributed by atoms with Gasteiger partial charge in [0.1, 0.15) is 12.1 Å². The van der Waals surface area contributed by atoms with E-state index in [1.807, 2.05) is 23.6 Å². The number of nitriles is 2. The van der Waals surface area contributed by atoms with Crippen molar-refractivity contribution < 1.29 is 16.8 Å². The van der Waals surface area contributed by atoms with E-state index in [0.717, 1.165) is 32.8 Å². The van der Waals surface area contributed by atoms with Crippen molar-refractivity contribution in [2.75, 3.05) is 62.2 Å². The summed E-state index contributed by atoms with van der Waals surface area (Å²) >= 11 is 15.3. The standard InChI is InChI=1S/C22H22N4O2S2.C20H16Cl2N4O2S2/c1-16-7-8-17(2)19(13-16)20-15-29-22(24-20)25-9-11-26(12-10-25)30(27,28)21-6-4-3-5-18(21)14-23;21-15-5-6-16(17(22)11-15)18-13-29-20(24-18)25-7-9-26(10-8-25)30(27,28)19-4-2-1-3-14(19)12-23/h3-8,13,15H,9-12H2,1-2H3;1-6,11,13H,7-10H2. The molecule has 2 fully saturated rings. The van der Waals surface area contributed by atoms with Gasteiger partial charge in [0.15, 0.2) is 10.3 Å². The fraction of sp³-hybridized carbons (Fsp3) is 0.238. The normalized spacial score (nSPS) is 15.2. The van der Waals surface area contributed by atoms with Crippen LogP contribution < -0.4 is 9.80 Å². The van der Waals surface area contributed by atoms with Crippen LogP contribution in [0.4, 0.5) is 10.3 Å². The van der Waals surface area contributed by atoms with Gasteiger partial charge in [-0.2, -0.15) is 19.1 Å². The molecule has 4 heterocycles. The van der Waals surface area contributed by atoms with Gasteiger partial charge in [-0.25, -0.2) is 26.8 Å². The van der Waals surface area contributed by atoms with E-state index < -0.39 is 20.0 Å². The molecule has 2 aromatic heterocycles. The molecule has 0 radical (unpaired) electrons. The van der Waals surface area contributed by atoms with Gasteiger partial charge in [-0.3, -0.25) is 0 Å². The molecular formula is C42H38Cl2N8O4S4. The molecule has 6 aromatic rings. The van der Waals surface area contributed by atoms with E-state index in [2.05, 4.69) is 52.2 Å². The van der Waals surface area contributed by atoms with Crippen LogP contribution >= 0.6 is 45.9 Å². The number of thiazole rings is 2. The molecule has 4 aromatic carbocycles. The van der Waals surface area contributed by atoms with E-state index in [1.165, 1.54) is 55.3 Å². The number of benzene rings is 4. The number of aryl methyl sites for hydroxylation is 2. The summed E-state index contributed by atoms with van der Waals surface area (Å²) in [6, 6.07) is 28.2. The molecule has 0 unspecified atom stereocenters. The van der Waals surface area contributed by atoms with E-state index in [1.54, 1.807) is 47.7 Å². The Morgan fingerprint density at radius 2 is 1.07 bits per heavy atom. The van der Waals surface area contributed by atoms with Crippen molar-refractivity contribution in [1.82, 2.24) is 18.6 Å². The lowest BCUT2D eigenvalue weighted by Crippen LogP contribution is -2.48. The molecule has 0 N–H and O–H groups in total. The molecule has 0 spiro atoms. The Morgan fingerprint density at radius 1 is 0.600 bits per heavy atom. The van der Waals surface area contributed by atoms with Crippen LogP contribution in [0, 0.1) is 36.5 Å². The number of anilines is 2. The second kappa shape index (κ2) is 18.4. The number of rotatable bonds is 8. The molecule has 0 bridgehead atoms. The summed E-state index contributed by atoms with van der Waals surface area (Å²) in [5.41, 5.74) is 6.36. The summed E-state index contributed by atoms with van der Waals surface area (Å²) in [6.07, 6.45) is 0. The highest BCUT2D eigenvalue weighted by Crippen LogP contribution is 2.35. The Morgan fingerprint density at radius 3 is 1.53 bits per heavy atom. The molecule has 2 saturated heterocycles. The summed E-state index contributed by atoms with van der Waals surface area (Å²) in [5, 5.41) is 25.3. The quantitative estimate of drug-likeness (QED) is 0.146. The van der Waals surface area contributed by atoms with Crippen molar-refractivity contribution in [3.05, 3.63) is 128 Å². The Hall–Kier alpha value is -4.88. The van der Waals surface area contributed by atoms with E-state index in [4.69, 9.17) is 28.2 Å². The van der Waals surface area contributed by atoms with Gasteiger partial charge in [0, 0.05) is 79.3 Å². The number of piperazine rings is 2. The van der Waals surface area contributed by atoms with Gasteiger partial charge in [-0.1, -0.05) is 65.2 Å². The minimum Gasteiger partial charge on any atom is -0.345 e. The third kappa shape index (κ3) is 9.22. The molecule has 8 rings (SSSR count). The van der Waals surface area contributed by atoms with Crippen LogP contribution in [0.3, 0.4) is 0 Å². The lowest BCUT2D eigenvalue weighted by Gasteiger charge is -2.33. The smallest absolute Gasteiger partial charge is 0.244 e. The van der Waals surface area contributed by atoms with Crippen LogP contribution in [0.1, 0.15) is 22.3 Å². The first-order valence-corrected chi connectivity index (χ1v) is 24.1. The molecule has 308 valence electrons. The Bertz CT molecular complexity index is 2840. The van der Waals surface area contributed by atoms with Crippen molar-refractivity contribution in [3.63, 3.8) is 0 Å². The number of halogens is 2. The highest BCUT2D eigenvalue weighted by Gasteiger charge is 2.32. The number of aromatic nitrogens is 2. The maximum atomic E-state index is 13.0. The van der Waals surface area contributed by atoms with Crippen LogP contribution in [0.25, 0.3) is 22.5 Å². The number of nitrogens with zero attached hydrogens (tertiary/aromatic N) is 8. The predicted octanol–water partition coefficient (Wildman–Crippen LogP) is 8.31. The van der Waals surface area contributed by atoms with E-state index in [0.29, 0.717) is 62.4 Å². The molecular weight excluding hydrogens is 880 g/mol. The average Bonchev–Trinajstić information content (AvgIpc) is 3.96. The maximum Gasteiger partial charge on any atom is 0.244 e. The van der Waals surface area contributed by atoms with Gasteiger partial charge in [-0.15, -0.1) is 22.7 Å². The van der Waals surface area contributed by atoms with Gasteiger partial charge < -0.3 is 9.80 Å². The average molecular weight is 918 g/mol. The van der Waals surface area contributed by atoms with Gasteiger partial charge in [-0.05, 0) is 67.9 Å². The minimum atomic E-state index is -3.72. The van der Waals surface area contributed by atoms with Gasteiger partial charge in [0.05, 0.1) is 37.3 Å². The predicted molar refractivity (Wildman–Crippen MR) is 239 cm³/mol. The summed E-state index contributed by atoms with van der Waals surface area (Å²) in [5.74, 6) is 0. The summed E-state index contributed by atoms with van der Waals surface area (Å²) in [6.45, 7) is 7.65. The third-order valence-electron chi connectivity index (χ3n) is 10.1. The van der Waals surface area contributed by atoms with Crippen molar-refractivity contribution >= 4 is 76.2 Å². The van der Waals surface area contributed by atoms with Gasteiger partial charge >= 0.3 is 0 Å². The first kappa shape index (κ1) is 43.2. The van der Waals surface area contributed by atoms with E-state index >= 15 is 0 Å². The molecule has 60 heavy (non-hydrogen) atoms. The molecule has 2 aliphatic rings. The van der Waals surface area contributed by atoms with Gasteiger partial charge in [0.25, 0.3) is 0 Å². The molecule has 18 heteroatoms. The second-order valence-corrected chi connectivity index (χ2v) is 20.3. The highest BCUT2D eigenvalue weighted by atomic mass is 35.5. The minimum absolute atomic E-state index is 0.0508. The van der Waals surface area contributed by atoms with Crippen LogP contribution in [0.2, 0.25) is 10.0 Å². The zero-order chi connectivity index (χ0) is 42.6. The second-order valence-electron chi connectivity index (χ2n) is 14.0. The number of hydrogen-bond donors (Lipinski definition) is 0. The Labute approximate surface area is 368 Å². The lowest BCUT2D eigenvalue weighted by atomic mass is 10.0. The zero-order valence-corrected chi connectivity index (χ0v) is 37.3. The molecule has 0 atom stereocenters. The lowest BCUT2D eigenvalue weighted by molar-refractivity contribution is 0.384. The van der Waals surface area contributed by atoms with Crippen molar-refractivity contribution in [1.29, 1.82) is 10.5 Å². The molecule has 0 amide bonds. The van der Waals surface area contributed by atoms with Crippen LogP contribution in [-0.2, 0) is 20.0 Å². The summed E-state index contributed by atoms with van der Waals surface area (Å²) < 4.78 is 54.9. The molecule has 0 saturated carbocycles. The molecule has 0 aliphatic carbocycles. The SMILES string of the molecule is Cc1ccc(C)c(-c2csc(N3CCN(S(=O)(=O)c4ccccc4C#N)CC3)n2)c1.N#Cc1ccccc1S(=O)(=O)N1CCN(c2nc(-c3ccc(Cl)cc3Cl)cs2)CC1. The first-order valence-electron chi connectivity index (χ1n) is 18.7. The topological polar surface area (TPSA) is 155 Å².